The van der Waals surface area contributed by atoms with Gasteiger partial charge < -0.3 is 5.11 Å². The Hall–Kier alpha value is -0.480. The first-order valence-electron chi connectivity index (χ1n) is 3.66. The van der Waals surface area contributed by atoms with Crippen molar-refractivity contribution >= 4 is 17.9 Å². The van der Waals surface area contributed by atoms with Crippen LogP contribution in [-0.4, -0.2) is 33.4 Å². The van der Waals surface area contributed by atoms with Crippen molar-refractivity contribution in [2.45, 2.75) is 11.8 Å². The molecule has 2 rings (SSSR count). The van der Waals surface area contributed by atoms with Gasteiger partial charge in [-0.2, -0.15) is 9.28 Å². The summed E-state index contributed by atoms with van der Waals surface area (Å²) in [6.45, 7) is 0.767. The molecule has 0 aliphatic carbocycles. The van der Waals surface area contributed by atoms with Gasteiger partial charge in [0, 0.05) is 5.75 Å². The summed E-state index contributed by atoms with van der Waals surface area (Å²) in [5.41, 5.74) is 0. The summed E-state index contributed by atoms with van der Waals surface area (Å²) in [7, 11) is 0. The summed E-state index contributed by atoms with van der Waals surface area (Å²) in [5, 5.41) is 9.22. The molecule has 2 aliphatic heterocycles. The third-order valence-corrected chi connectivity index (χ3v) is 3.75. The van der Waals surface area contributed by atoms with Gasteiger partial charge in [-0.05, 0) is 6.08 Å². The molecule has 4 heteroatoms. The number of carboxylic acid groups (broad SMARTS) is 1. The molecule has 0 radical (unpaired) electrons. The Kier molecular flexibility index (Phi) is 1.47. The molecule has 3 nitrogen and oxygen atoms in total. The van der Waals surface area contributed by atoms with Gasteiger partial charge >= 0.3 is 6.09 Å². The average molecular weight is 172 g/mol. The number of amides is 1. The number of nitrogens with zero attached hydrogens (tertiary/aromatic N) is 1. The number of hydrogen-bond donors (Lipinski definition) is 1. The molecule has 2 aliphatic rings. The maximum atomic E-state index is 10.8. The molecular formula is C7H10NO2S+. The summed E-state index contributed by atoms with van der Waals surface area (Å²) < 4.78 is 0.171. The summed E-state index contributed by atoms with van der Waals surface area (Å²) in [5.74, 6) is 0.970. The van der Waals surface area contributed by atoms with E-state index in [4.69, 9.17) is 5.11 Å². The normalized spacial score (nSPS) is 40.9. The van der Waals surface area contributed by atoms with Crippen LogP contribution in [0.3, 0.4) is 0 Å². The number of carbonyl (C=O) groups is 1. The zero-order chi connectivity index (χ0) is 7.90. The molecule has 2 atom stereocenters. The highest BCUT2D eigenvalue weighted by Crippen LogP contribution is 2.40. The number of quaternary nitrogens is 1. The lowest BCUT2D eigenvalue weighted by atomic mass is 10.1. The first kappa shape index (κ1) is 7.18. The van der Waals surface area contributed by atoms with Gasteiger partial charge in [-0.15, -0.1) is 0 Å². The summed E-state index contributed by atoms with van der Waals surface area (Å²) in [6, 6.07) is 0. The fourth-order valence-electron chi connectivity index (χ4n) is 1.58. The fourth-order valence-corrected chi connectivity index (χ4v) is 2.80. The number of thioether (sulfide) groups is 1. The van der Waals surface area contributed by atoms with Crippen molar-refractivity contribution in [1.29, 1.82) is 0 Å². The number of rotatable bonds is 0. The molecule has 0 bridgehead atoms. The van der Waals surface area contributed by atoms with Crippen LogP contribution >= 0.6 is 11.8 Å². The van der Waals surface area contributed by atoms with Crippen LogP contribution in [0.4, 0.5) is 4.79 Å². The van der Waals surface area contributed by atoms with E-state index in [2.05, 4.69) is 0 Å². The molecule has 0 aromatic heterocycles. The lowest BCUT2D eigenvalue weighted by molar-refractivity contribution is -0.859. The van der Waals surface area contributed by atoms with E-state index in [1.807, 2.05) is 12.3 Å². The highest BCUT2D eigenvalue weighted by Gasteiger charge is 2.53. The van der Waals surface area contributed by atoms with Crippen LogP contribution in [-0.2, 0) is 0 Å². The van der Waals surface area contributed by atoms with E-state index in [0.717, 1.165) is 18.7 Å². The van der Waals surface area contributed by atoms with E-state index in [0.29, 0.717) is 0 Å². The number of hydrogen-bond acceptors (Lipinski definition) is 2. The molecule has 0 aromatic rings. The van der Waals surface area contributed by atoms with E-state index >= 15 is 0 Å². The largest absolute Gasteiger partial charge is 0.519 e. The van der Waals surface area contributed by atoms with Crippen LogP contribution < -0.4 is 0 Å². The third-order valence-electron chi connectivity index (χ3n) is 2.37. The van der Waals surface area contributed by atoms with Crippen molar-refractivity contribution in [1.82, 2.24) is 0 Å². The Morgan fingerprint density at radius 2 is 2.55 bits per heavy atom. The second kappa shape index (κ2) is 2.25. The summed E-state index contributed by atoms with van der Waals surface area (Å²) >= 11 is 1.74. The van der Waals surface area contributed by atoms with Crippen LogP contribution in [0.2, 0.25) is 0 Å². The predicted octanol–water partition coefficient (Wildman–Crippen LogP) is 1.47. The van der Waals surface area contributed by atoms with E-state index in [-0.39, 0.29) is 9.86 Å². The van der Waals surface area contributed by atoms with Crippen LogP contribution in [0.1, 0.15) is 6.42 Å². The topological polar surface area (TPSA) is 37.3 Å². The maximum absolute atomic E-state index is 10.8. The molecule has 1 fully saturated rings. The minimum atomic E-state index is -0.704. The molecule has 60 valence electrons. The zero-order valence-corrected chi connectivity index (χ0v) is 6.88. The highest BCUT2D eigenvalue weighted by atomic mass is 32.2. The zero-order valence-electron chi connectivity index (χ0n) is 6.06. The van der Waals surface area contributed by atoms with Gasteiger partial charge in [-0.1, -0.05) is 11.8 Å². The van der Waals surface area contributed by atoms with Crippen molar-refractivity contribution < 1.29 is 14.4 Å². The van der Waals surface area contributed by atoms with Gasteiger partial charge in [-0.3, -0.25) is 0 Å². The van der Waals surface area contributed by atoms with Crippen molar-refractivity contribution in [2.75, 3.05) is 12.3 Å². The van der Waals surface area contributed by atoms with Crippen LogP contribution in [0.5, 0.6) is 0 Å². The van der Waals surface area contributed by atoms with Gasteiger partial charge in [0.2, 0.25) is 0 Å². The van der Waals surface area contributed by atoms with Crippen molar-refractivity contribution in [2.24, 2.45) is 0 Å². The minimum Gasteiger partial charge on any atom is -0.435 e. The van der Waals surface area contributed by atoms with Crippen LogP contribution in [0.15, 0.2) is 12.3 Å². The fraction of sp³-hybridized carbons (Fsp3) is 0.571. The lowest BCUT2D eigenvalue weighted by Gasteiger charge is -2.45. The van der Waals surface area contributed by atoms with E-state index in [1.165, 1.54) is 0 Å². The Morgan fingerprint density at radius 3 is 2.91 bits per heavy atom. The lowest BCUT2D eigenvalue weighted by Crippen LogP contribution is -2.63. The van der Waals surface area contributed by atoms with Crippen molar-refractivity contribution in [3.05, 3.63) is 12.3 Å². The molecule has 1 N–H and O–H groups in total. The quantitative estimate of drug-likeness (QED) is 0.562. The molecule has 0 spiro atoms. The SMILES string of the molecule is O=C(O)[N+]12C=CCSC1CC2. The maximum Gasteiger partial charge on any atom is 0.519 e. The van der Waals surface area contributed by atoms with Gasteiger partial charge in [0.05, 0.1) is 6.42 Å². The molecule has 1 amide bonds. The smallest absolute Gasteiger partial charge is 0.435 e. The van der Waals surface area contributed by atoms with Crippen molar-refractivity contribution in [3.63, 3.8) is 0 Å². The first-order valence-corrected chi connectivity index (χ1v) is 4.71. The van der Waals surface area contributed by atoms with E-state index in [9.17, 15) is 4.79 Å². The standard InChI is InChI=1S/C7H9NO2S/c9-7(10)8-3-1-5-11-6(8)2-4-8/h1,3,6H,2,4-5H2/p+1. The highest BCUT2D eigenvalue weighted by molar-refractivity contribution is 7.99. The number of fused-ring (bicyclic) bond motifs is 1. The Balaban J connectivity index is 2.28. The van der Waals surface area contributed by atoms with Gasteiger partial charge in [-0.25, -0.2) is 0 Å². The predicted molar refractivity (Wildman–Crippen MR) is 43.2 cm³/mol. The van der Waals surface area contributed by atoms with Crippen molar-refractivity contribution in [3.8, 4) is 0 Å². The summed E-state index contributed by atoms with van der Waals surface area (Å²) in [4.78, 5) is 10.8. The second-order valence-electron chi connectivity index (χ2n) is 2.90. The minimum absolute atomic E-state index is 0.171. The molecule has 11 heavy (non-hydrogen) atoms. The first-order chi connectivity index (χ1) is 5.26. The molecular weight excluding hydrogens is 162 g/mol. The molecule has 2 unspecified atom stereocenters. The second-order valence-corrected chi connectivity index (χ2v) is 4.11. The molecule has 0 saturated carbocycles. The monoisotopic (exact) mass is 172 g/mol. The Labute approximate surface area is 69.3 Å². The van der Waals surface area contributed by atoms with E-state index < -0.39 is 6.09 Å². The van der Waals surface area contributed by atoms with Gasteiger partial charge in [0.15, 0.2) is 5.37 Å². The summed E-state index contributed by atoms with van der Waals surface area (Å²) in [6.07, 6.45) is 4.12. The van der Waals surface area contributed by atoms with E-state index in [1.54, 1.807) is 11.8 Å². The third kappa shape index (κ3) is 0.827. The molecule has 2 heterocycles. The van der Waals surface area contributed by atoms with Crippen LogP contribution in [0, 0.1) is 0 Å². The van der Waals surface area contributed by atoms with Gasteiger partial charge in [0.1, 0.15) is 12.7 Å². The Morgan fingerprint density at radius 1 is 1.73 bits per heavy atom. The Bertz CT molecular complexity index is 228. The van der Waals surface area contributed by atoms with Gasteiger partial charge in [0.25, 0.3) is 0 Å². The molecule has 0 aromatic carbocycles. The molecule has 1 saturated heterocycles. The average Bonchev–Trinajstić information content (AvgIpc) is 1.91. The van der Waals surface area contributed by atoms with Crippen LogP contribution in [0.25, 0.3) is 0 Å².